The second-order valence-corrected chi connectivity index (χ2v) is 5.80. The average molecular weight is 335 g/mol. The number of anilines is 1. The number of nitro benzene ring substituents is 1. The number of carbonyl (C=O) groups is 1. The van der Waals surface area contributed by atoms with Gasteiger partial charge in [-0.2, -0.15) is 0 Å². The molecule has 2 rings (SSSR count). The number of ether oxygens (including phenoxy) is 1. The first-order chi connectivity index (χ1) is 11.6. The molecule has 1 fully saturated rings. The van der Waals surface area contributed by atoms with Crippen LogP contribution in [0.4, 0.5) is 11.4 Å². The number of nitrogens with zero attached hydrogens (tertiary/aromatic N) is 3. The zero-order chi connectivity index (χ0) is 17.5. The number of non-ortho nitro benzene ring substituents is 1. The first-order valence-corrected chi connectivity index (χ1v) is 8.48. The molecule has 0 radical (unpaired) electrons. The number of unbranched alkanes of at least 4 members (excludes halogenated alkanes) is 1. The average Bonchev–Trinajstić information content (AvgIpc) is 2.62. The number of nitro groups is 1. The van der Waals surface area contributed by atoms with Gasteiger partial charge in [-0.15, -0.1) is 0 Å². The molecule has 7 nitrogen and oxygen atoms in total. The van der Waals surface area contributed by atoms with E-state index in [1.165, 1.54) is 12.1 Å². The Bertz CT molecular complexity index is 585. The standard InChI is InChI=1S/C17H25N3O4/c1-3-5-8-18(4-2)17(21)15-13-14(20(22)23)6-7-16(15)19-9-11-24-12-10-19/h6-7,13H,3-5,8-12H2,1-2H3. The quantitative estimate of drug-likeness (QED) is 0.565. The molecule has 1 aliphatic heterocycles. The van der Waals surface area contributed by atoms with Crippen LogP contribution in [0.1, 0.15) is 37.0 Å². The highest BCUT2D eigenvalue weighted by molar-refractivity contribution is 6.00. The van der Waals surface area contributed by atoms with Crippen molar-refractivity contribution >= 4 is 17.3 Å². The molecule has 1 aliphatic rings. The third kappa shape index (κ3) is 4.23. The molecule has 0 unspecified atom stereocenters. The third-order valence-corrected chi connectivity index (χ3v) is 4.22. The molecule has 0 aromatic heterocycles. The summed E-state index contributed by atoms with van der Waals surface area (Å²) in [5.41, 5.74) is 1.11. The molecule has 1 amide bonds. The van der Waals surface area contributed by atoms with Crippen LogP contribution in [0.25, 0.3) is 0 Å². The Kier molecular flexibility index (Phi) is 6.54. The number of hydrogen-bond acceptors (Lipinski definition) is 5. The maximum atomic E-state index is 13.0. The van der Waals surface area contributed by atoms with Crippen LogP contribution in [0, 0.1) is 10.1 Å². The summed E-state index contributed by atoms with van der Waals surface area (Å²) in [6.07, 6.45) is 1.91. The fraction of sp³-hybridized carbons (Fsp3) is 0.588. The molecule has 1 aromatic rings. The van der Waals surface area contributed by atoms with Crippen molar-refractivity contribution in [3.63, 3.8) is 0 Å². The smallest absolute Gasteiger partial charge is 0.270 e. The van der Waals surface area contributed by atoms with E-state index in [0.29, 0.717) is 45.0 Å². The van der Waals surface area contributed by atoms with Crippen molar-refractivity contribution < 1.29 is 14.5 Å². The normalized spacial score (nSPS) is 14.5. The largest absolute Gasteiger partial charge is 0.378 e. The summed E-state index contributed by atoms with van der Waals surface area (Å²) in [5, 5.41) is 11.1. The molecule has 0 aliphatic carbocycles. The molecule has 1 aromatic carbocycles. The molecule has 0 spiro atoms. The van der Waals surface area contributed by atoms with Crippen LogP contribution in [-0.2, 0) is 4.74 Å². The van der Waals surface area contributed by atoms with Crippen molar-refractivity contribution in [2.45, 2.75) is 26.7 Å². The van der Waals surface area contributed by atoms with Crippen molar-refractivity contribution in [1.29, 1.82) is 0 Å². The van der Waals surface area contributed by atoms with Gasteiger partial charge in [0.15, 0.2) is 0 Å². The van der Waals surface area contributed by atoms with Gasteiger partial charge < -0.3 is 14.5 Å². The van der Waals surface area contributed by atoms with Crippen LogP contribution < -0.4 is 4.90 Å². The zero-order valence-corrected chi connectivity index (χ0v) is 14.4. The van der Waals surface area contributed by atoms with E-state index < -0.39 is 4.92 Å². The monoisotopic (exact) mass is 335 g/mol. The van der Waals surface area contributed by atoms with E-state index in [4.69, 9.17) is 4.74 Å². The van der Waals surface area contributed by atoms with Gasteiger partial charge >= 0.3 is 0 Å². The Morgan fingerprint density at radius 3 is 2.62 bits per heavy atom. The summed E-state index contributed by atoms with van der Waals surface area (Å²) in [5.74, 6) is -0.142. The van der Waals surface area contributed by atoms with E-state index in [2.05, 4.69) is 11.8 Å². The van der Waals surface area contributed by atoms with Gasteiger partial charge in [-0.25, -0.2) is 0 Å². The van der Waals surface area contributed by atoms with E-state index >= 15 is 0 Å². The molecule has 7 heteroatoms. The number of amides is 1. The summed E-state index contributed by atoms with van der Waals surface area (Å²) in [7, 11) is 0. The Hall–Kier alpha value is -2.15. The number of rotatable bonds is 7. The summed E-state index contributed by atoms with van der Waals surface area (Å²) >= 11 is 0. The van der Waals surface area contributed by atoms with Gasteiger partial charge in [0.25, 0.3) is 11.6 Å². The third-order valence-electron chi connectivity index (χ3n) is 4.22. The minimum Gasteiger partial charge on any atom is -0.378 e. The highest BCUT2D eigenvalue weighted by atomic mass is 16.6. The fourth-order valence-corrected chi connectivity index (χ4v) is 2.81. The van der Waals surface area contributed by atoms with Crippen molar-refractivity contribution in [2.75, 3.05) is 44.3 Å². The molecule has 0 atom stereocenters. The minimum atomic E-state index is -0.456. The van der Waals surface area contributed by atoms with E-state index in [-0.39, 0.29) is 11.6 Å². The van der Waals surface area contributed by atoms with Crippen molar-refractivity contribution in [1.82, 2.24) is 4.90 Å². The summed E-state index contributed by atoms with van der Waals surface area (Å²) in [4.78, 5) is 27.5. The molecule has 132 valence electrons. The topological polar surface area (TPSA) is 75.9 Å². The molecule has 24 heavy (non-hydrogen) atoms. The van der Waals surface area contributed by atoms with Crippen molar-refractivity contribution in [3.05, 3.63) is 33.9 Å². The SMILES string of the molecule is CCCCN(CC)C(=O)c1cc([N+](=O)[O-])ccc1N1CCOCC1. The van der Waals surface area contributed by atoms with E-state index in [0.717, 1.165) is 18.5 Å². The van der Waals surface area contributed by atoms with Crippen LogP contribution in [-0.4, -0.2) is 55.1 Å². The molecule has 0 bridgehead atoms. The zero-order valence-electron chi connectivity index (χ0n) is 14.4. The Morgan fingerprint density at radius 1 is 1.33 bits per heavy atom. The highest BCUT2D eigenvalue weighted by Gasteiger charge is 2.24. The number of morpholine rings is 1. The van der Waals surface area contributed by atoms with Gasteiger partial charge in [-0.1, -0.05) is 13.3 Å². The van der Waals surface area contributed by atoms with Gasteiger partial charge in [-0.3, -0.25) is 14.9 Å². The Labute approximate surface area is 142 Å². The van der Waals surface area contributed by atoms with E-state index in [1.54, 1.807) is 11.0 Å². The van der Waals surface area contributed by atoms with Gasteiger partial charge in [0.2, 0.25) is 0 Å². The first kappa shape index (κ1) is 18.2. The second kappa shape index (κ2) is 8.63. The van der Waals surface area contributed by atoms with Crippen molar-refractivity contribution in [2.24, 2.45) is 0 Å². The second-order valence-electron chi connectivity index (χ2n) is 5.80. The van der Waals surface area contributed by atoms with Crippen LogP contribution in [0.15, 0.2) is 18.2 Å². The van der Waals surface area contributed by atoms with Crippen molar-refractivity contribution in [3.8, 4) is 0 Å². The van der Waals surface area contributed by atoms with Crippen LogP contribution in [0.5, 0.6) is 0 Å². The Morgan fingerprint density at radius 2 is 2.04 bits per heavy atom. The Balaban J connectivity index is 2.37. The predicted octanol–water partition coefficient (Wildman–Crippen LogP) is 2.69. The lowest BCUT2D eigenvalue weighted by atomic mass is 10.1. The maximum absolute atomic E-state index is 13.0. The number of carbonyl (C=O) groups excluding carboxylic acids is 1. The molecule has 1 saturated heterocycles. The molecule has 0 saturated carbocycles. The van der Waals surface area contributed by atoms with Gasteiger partial charge in [0.1, 0.15) is 0 Å². The maximum Gasteiger partial charge on any atom is 0.270 e. The number of benzene rings is 1. The fourth-order valence-electron chi connectivity index (χ4n) is 2.81. The van der Waals surface area contributed by atoms with Gasteiger partial charge in [-0.05, 0) is 19.4 Å². The van der Waals surface area contributed by atoms with E-state index in [9.17, 15) is 14.9 Å². The van der Waals surface area contributed by atoms with Gasteiger partial charge in [0, 0.05) is 38.3 Å². The first-order valence-electron chi connectivity index (χ1n) is 8.48. The van der Waals surface area contributed by atoms with E-state index in [1.807, 2.05) is 6.92 Å². The van der Waals surface area contributed by atoms with Crippen LogP contribution in [0.3, 0.4) is 0 Å². The lowest BCUT2D eigenvalue weighted by molar-refractivity contribution is -0.384. The summed E-state index contributed by atoms with van der Waals surface area (Å²) in [6, 6.07) is 4.55. The summed E-state index contributed by atoms with van der Waals surface area (Å²) < 4.78 is 5.36. The van der Waals surface area contributed by atoms with Crippen LogP contribution >= 0.6 is 0 Å². The summed E-state index contributed by atoms with van der Waals surface area (Å²) in [6.45, 7) is 7.81. The number of hydrogen-bond donors (Lipinski definition) is 0. The molecule has 1 heterocycles. The lowest BCUT2D eigenvalue weighted by Crippen LogP contribution is -2.39. The highest BCUT2D eigenvalue weighted by Crippen LogP contribution is 2.27. The molecular formula is C17H25N3O4. The predicted molar refractivity (Wildman–Crippen MR) is 92.6 cm³/mol. The van der Waals surface area contributed by atoms with Gasteiger partial charge in [0.05, 0.1) is 29.4 Å². The van der Waals surface area contributed by atoms with Crippen LogP contribution in [0.2, 0.25) is 0 Å². The molecular weight excluding hydrogens is 310 g/mol. The molecule has 0 N–H and O–H groups in total. The lowest BCUT2D eigenvalue weighted by Gasteiger charge is -2.31. The minimum absolute atomic E-state index is 0.0538.